The lowest BCUT2D eigenvalue weighted by molar-refractivity contribution is -0.167. The van der Waals surface area contributed by atoms with Gasteiger partial charge in [0.15, 0.2) is 6.10 Å². The summed E-state index contributed by atoms with van der Waals surface area (Å²) < 4.78 is 16.9. The Morgan fingerprint density at radius 3 is 0.635 bits per heavy atom. The van der Waals surface area contributed by atoms with Gasteiger partial charge in [0.1, 0.15) is 13.2 Å². The maximum Gasteiger partial charge on any atom is 0.306 e. The zero-order valence-corrected chi connectivity index (χ0v) is 42.9. The van der Waals surface area contributed by atoms with Gasteiger partial charge in [0.25, 0.3) is 0 Å². The van der Waals surface area contributed by atoms with E-state index in [1.54, 1.807) is 0 Å². The number of ether oxygens (including phenoxy) is 3. The van der Waals surface area contributed by atoms with E-state index in [2.05, 4.69) is 20.8 Å². The summed E-state index contributed by atoms with van der Waals surface area (Å²) >= 11 is 0. The van der Waals surface area contributed by atoms with Crippen molar-refractivity contribution in [1.82, 2.24) is 0 Å². The van der Waals surface area contributed by atoms with Crippen LogP contribution in [-0.2, 0) is 28.6 Å². The molecule has 63 heavy (non-hydrogen) atoms. The zero-order chi connectivity index (χ0) is 45.8. The Bertz CT molecular complexity index is 936. The third-order valence-electron chi connectivity index (χ3n) is 13.1. The average Bonchev–Trinajstić information content (AvgIpc) is 3.28. The van der Waals surface area contributed by atoms with E-state index >= 15 is 0 Å². The van der Waals surface area contributed by atoms with Gasteiger partial charge >= 0.3 is 17.9 Å². The van der Waals surface area contributed by atoms with Crippen molar-refractivity contribution in [3.63, 3.8) is 0 Å². The van der Waals surface area contributed by atoms with Crippen molar-refractivity contribution in [3.05, 3.63) is 0 Å². The van der Waals surface area contributed by atoms with Gasteiger partial charge in [0.2, 0.25) is 0 Å². The molecule has 0 rings (SSSR count). The third kappa shape index (κ3) is 51.3. The fraction of sp³-hybridized carbons (Fsp3) is 0.947. The second kappa shape index (κ2) is 53.0. The average molecular weight is 892 g/mol. The minimum Gasteiger partial charge on any atom is -0.462 e. The van der Waals surface area contributed by atoms with Crippen LogP contribution in [0.15, 0.2) is 0 Å². The highest BCUT2D eigenvalue weighted by Crippen LogP contribution is 2.17. The monoisotopic (exact) mass is 891 g/mol. The summed E-state index contributed by atoms with van der Waals surface area (Å²) in [6.07, 6.45) is 58.0. The van der Waals surface area contributed by atoms with Crippen LogP contribution in [0.4, 0.5) is 0 Å². The molecule has 0 aromatic carbocycles. The standard InChI is InChI=1S/C57H110O6/c1-4-7-10-13-16-19-22-25-28-30-33-35-38-41-44-47-50-56(59)62-53-54(63-57(60)51-48-45-42-39-36-31-27-24-21-18-15-12-9-6-3)52-61-55(58)49-46-43-40-37-34-32-29-26-23-20-17-14-11-8-5-2/h54H,4-53H2,1-3H3/t54-/m1/s1. The van der Waals surface area contributed by atoms with E-state index in [1.165, 1.54) is 231 Å². The first-order chi connectivity index (χ1) is 31.0. The summed E-state index contributed by atoms with van der Waals surface area (Å²) in [6, 6.07) is 0. The fourth-order valence-electron chi connectivity index (χ4n) is 8.80. The van der Waals surface area contributed by atoms with E-state index in [0.29, 0.717) is 19.3 Å². The van der Waals surface area contributed by atoms with Crippen LogP contribution in [0, 0.1) is 0 Å². The maximum atomic E-state index is 12.8. The Morgan fingerprint density at radius 1 is 0.254 bits per heavy atom. The molecule has 0 aliphatic rings. The lowest BCUT2D eigenvalue weighted by Crippen LogP contribution is -2.30. The number of carbonyl (C=O) groups is 3. The molecule has 374 valence electrons. The van der Waals surface area contributed by atoms with Crippen molar-refractivity contribution in [1.29, 1.82) is 0 Å². The summed E-state index contributed by atoms with van der Waals surface area (Å²) in [7, 11) is 0. The Labute approximate surface area is 393 Å². The smallest absolute Gasteiger partial charge is 0.306 e. The number of rotatable bonds is 53. The van der Waals surface area contributed by atoms with Crippen molar-refractivity contribution >= 4 is 17.9 Å². The first kappa shape index (κ1) is 61.4. The van der Waals surface area contributed by atoms with Crippen molar-refractivity contribution in [2.45, 2.75) is 335 Å². The quantitative estimate of drug-likeness (QED) is 0.0344. The Kier molecular flexibility index (Phi) is 51.7. The van der Waals surface area contributed by atoms with Crippen LogP contribution >= 0.6 is 0 Å². The first-order valence-electron chi connectivity index (χ1n) is 28.5. The normalized spacial score (nSPS) is 11.9. The van der Waals surface area contributed by atoms with Gasteiger partial charge in [-0.15, -0.1) is 0 Å². The van der Waals surface area contributed by atoms with Crippen molar-refractivity contribution < 1.29 is 28.6 Å². The number of esters is 3. The molecule has 0 bridgehead atoms. The predicted molar refractivity (Wildman–Crippen MR) is 270 cm³/mol. The fourth-order valence-corrected chi connectivity index (χ4v) is 8.80. The lowest BCUT2D eigenvalue weighted by Gasteiger charge is -2.18. The molecule has 0 heterocycles. The SMILES string of the molecule is CCCCCCCCCCCCCCCCCCC(=O)OC[C@@H](COC(=O)CCCCCCCCCCCCCCCCC)OC(=O)CCCCCCCCCCCCCCCC. The maximum absolute atomic E-state index is 12.8. The lowest BCUT2D eigenvalue weighted by atomic mass is 10.0. The largest absolute Gasteiger partial charge is 0.462 e. The minimum absolute atomic E-state index is 0.0611. The highest BCUT2D eigenvalue weighted by molar-refractivity contribution is 5.71. The highest BCUT2D eigenvalue weighted by Gasteiger charge is 2.19. The number of hydrogen-bond donors (Lipinski definition) is 0. The van der Waals surface area contributed by atoms with Gasteiger partial charge in [-0.1, -0.05) is 290 Å². The number of carbonyl (C=O) groups excluding carboxylic acids is 3. The van der Waals surface area contributed by atoms with E-state index in [9.17, 15) is 14.4 Å². The molecule has 0 aromatic heterocycles. The summed E-state index contributed by atoms with van der Waals surface area (Å²) in [4.78, 5) is 38.1. The molecule has 6 nitrogen and oxygen atoms in total. The van der Waals surface area contributed by atoms with Crippen LogP contribution in [0.2, 0.25) is 0 Å². The van der Waals surface area contributed by atoms with Crippen LogP contribution < -0.4 is 0 Å². The van der Waals surface area contributed by atoms with Gasteiger partial charge in [-0.2, -0.15) is 0 Å². The molecule has 0 unspecified atom stereocenters. The molecule has 0 radical (unpaired) electrons. The van der Waals surface area contributed by atoms with E-state index in [4.69, 9.17) is 14.2 Å². The summed E-state index contributed by atoms with van der Waals surface area (Å²) in [5, 5.41) is 0. The van der Waals surface area contributed by atoms with Gasteiger partial charge in [0, 0.05) is 19.3 Å². The van der Waals surface area contributed by atoms with Gasteiger partial charge in [-0.25, -0.2) is 0 Å². The molecular weight excluding hydrogens is 781 g/mol. The van der Waals surface area contributed by atoms with Crippen molar-refractivity contribution in [2.24, 2.45) is 0 Å². The molecule has 0 saturated carbocycles. The van der Waals surface area contributed by atoms with Gasteiger partial charge in [-0.3, -0.25) is 14.4 Å². The van der Waals surface area contributed by atoms with E-state index in [1.807, 2.05) is 0 Å². The molecule has 0 N–H and O–H groups in total. The Morgan fingerprint density at radius 2 is 0.429 bits per heavy atom. The van der Waals surface area contributed by atoms with Crippen LogP contribution in [0.1, 0.15) is 329 Å². The Hall–Kier alpha value is -1.59. The molecule has 1 atom stereocenters. The summed E-state index contributed by atoms with van der Waals surface area (Å²) in [6.45, 7) is 6.70. The van der Waals surface area contributed by atoms with Crippen LogP contribution in [-0.4, -0.2) is 37.2 Å². The summed E-state index contributed by atoms with van der Waals surface area (Å²) in [5.41, 5.74) is 0. The second-order valence-corrected chi connectivity index (χ2v) is 19.6. The number of unbranched alkanes of at least 4 members (excludes halogenated alkanes) is 42. The zero-order valence-electron chi connectivity index (χ0n) is 42.9. The molecule has 0 fully saturated rings. The van der Waals surface area contributed by atoms with Gasteiger partial charge in [0.05, 0.1) is 0 Å². The highest BCUT2D eigenvalue weighted by atomic mass is 16.6. The number of hydrogen-bond acceptors (Lipinski definition) is 6. The van der Waals surface area contributed by atoms with E-state index in [-0.39, 0.29) is 31.1 Å². The van der Waals surface area contributed by atoms with Crippen LogP contribution in [0.5, 0.6) is 0 Å². The molecule has 6 heteroatoms. The first-order valence-corrected chi connectivity index (χ1v) is 28.5. The van der Waals surface area contributed by atoms with Crippen molar-refractivity contribution in [3.8, 4) is 0 Å². The van der Waals surface area contributed by atoms with E-state index < -0.39 is 6.10 Å². The van der Waals surface area contributed by atoms with Gasteiger partial charge < -0.3 is 14.2 Å². The van der Waals surface area contributed by atoms with Gasteiger partial charge in [-0.05, 0) is 19.3 Å². The molecule has 0 aromatic rings. The van der Waals surface area contributed by atoms with E-state index in [0.717, 1.165) is 57.8 Å². The molecule has 0 spiro atoms. The topological polar surface area (TPSA) is 78.9 Å². The van der Waals surface area contributed by atoms with Crippen LogP contribution in [0.25, 0.3) is 0 Å². The summed E-state index contributed by atoms with van der Waals surface area (Å²) in [5.74, 6) is -0.832. The molecule has 0 aliphatic carbocycles. The molecule has 0 saturated heterocycles. The predicted octanol–water partition coefficient (Wildman–Crippen LogP) is 18.8. The molecule has 0 aliphatic heterocycles. The Balaban J connectivity index is 4.29. The molecular formula is C57H110O6. The second-order valence-electron chi connectivity index (χ2n) is 19.6. The van der Waals surface area contributed by atoms with Crippen molar-refractivity contribution in [2.75, 3.05) is 13.2 Å². The minimum atomic E-state index is -0.760. The van der Waals surface area contributed by atoms with Crippen LogP contribution in [0.3, 0.4) is 0 Å². The third-order valence-corrected chi connectivity index (χ3v) is 13.1. The molecule has 0 amide bonds.